The molecule has 19 heavy (non-hydrogen) atoms. The normalized spacial score (nSPS) is 26.1. The average Bonchev–Trinajstić information content (AvgIpc) is 3.09. The molecule has 0 amide bonds. The minimum atomic E-state index is 0.561. The van der Waals surface area contributed by atoms with Crippen LogP contribution in [0.4, 0.5) is 0 Å². The maximum Gasteiger partial charge on any atom is 0.0765 e. The molecule has 0 bridgehead atoms. The maximum atomic E-state index is 5.88. The predicted molar refractivity (Wildman–Crippen MR) is 76.8 cm³/mol. The van der Waals surface area contributed by atoms with Gasteiger partial charge in [0.05, 0.1) is 11.7 Å². The molecule has 1 saturated carbocycles. The monoisotopic (exact) mass is 262 g/mol. The first-order valence-corrected chi connectivity index (χ1v) is 7.85. The van der Waals surface area contributed by atoms with E-state index < -0.39 is 0 Å². The van der Waals surface area contributed by atoms with Crippen molar-refractivity contribution in [3.05, 3.63) is 18.0 Å². The van der Waals surface area contributed by atoms with Gasteiger partial charge in [0.15, 0.2) is 0 Å². The van der Waals surface area contributed by atoms with Gasteiger partial charge in [-0.2, -0.15) is 5.10 Å². The van der Waals surface area contributed by atoms with Crippen LogP contribution >= 0.6 is 0 Å². The van der Waals surface area contributed by atoms with Crippen LogP contribution in [-0.4, -0.2) is 33.8 Å². The third-order valence-corrected chi connectivity index (χ3v) is 4.75. The second kappa shape index (κ2) is 6.06. The van der Waals surface area contributed by atoms with E-state index in [1.54, 1.807) is 0 Å². The molecule has 4 nitrogen and oxygen atoms in total. The summed E-state index contributed by atoms with van der Waals surface area (Å²) in [5.74, 6) is 0. The van der Waals surface area contributed by atoms with Gasteiger partial charge in [-0.15, -0.1) is 0 Å². The molecule has 1 aromatic rings. The van der Waals surface area contributed by atoms with E-state index >= 15 is 0 Å². The Bertz CT molecular complexity index is 395. The third kappa shape index (κ3) is 3.00. The zero-order valence-electron chi connectivity index (χ0n) is 11.8. The van der Waals surface area contributed by atoms with E-state index in [1.165, 1.54) is 57.2 Å². The quantitative estimate of drug-likeness (QED) is 0.906. The van der Waals surface area contributed by atoms with E-state index in [2.05, 4.69) is 21.8 Å². The van der Waals surface area contributed by atoms with Crippen LogP contribution in [0.3, 0.4) is 0 Å². The molecule has 1 aliphatic heterocycles. The summed E-state index contributed by atoms with van der Waals surface area (Å²) in [6.07, 6.45) is 11.4. The van der Waals surface area contributed by atoms with Gasteiger partial charge in [0.25, 0.3) is 0 Å². The number of nitrogens with zero attached hydrogens (tertiary/aromatic N) is 3. The summed E-state index contributed by atoms with van der Waals surface area (Å²) in [5.41, 5.74) is 7.10. The van der Waals surface area contributed by atoms with Crippen molar-refractivity contribution in [3.63, 3.8) is 0 Å². The van der Waals surface area contributed by atoms with Gasteiger partial charge in [-0.3, -0.25) is 9.58 Å². The summed E-state index contributed by atoms with van der Waals surface area (Å²) in [6.45, 7) is 2.93. The number of likely N-dealkylation sites (tertiary alicyclic amines) is 1. The van der Waals surface area contributed by atoms with E-state index in [0.29, 0.717) is 12.1 Å². The molecule has 3 rings (SSSR count). The first-order chi connectivity index (χ1) is 9.36. The van der Waals surface area contributed by atoms with E-state index in [1.807, 2.05) is 0 Å². The predicted octanol–water partition coefficient (Wildman–Crippen LogP) is 2.31. The highest BCUT2D eigenvalue weighted by Crippen LogP contribution is 2.29. The van der Waals surface area contributed by atoms with Crippen LogP contribution in [0.2, 0.25) is 0 Å². The first-order valence-electron chi connectivity index (χ1n) is 7.85. The van der Waals surface area contributed by atoms with Crippen LogP contribution in [-0.2, 0) is 6.54 Å². The largest absolute Gasteiger partial charge is 0.329 e. The highest BCUT2D eigenvalue weighted by atomic mass is 15.3. The summed E-state index contributed by atoms with van der Waals surface area (Å²) in [5, 5.41) is 4.79. The molecule has 1 saturated heterocycles. The molecule has 1 atom stereocenters. The van der Waals surface area contributed by atoms with Gasteiger partial charge in [-0.1, -0.05) is 19.3 Å². The Hall–Kier alpha value is -0.870. The van der Waals surface area contributed by atoms with Crippen LogP contribution in [0.1, 0.15) is 56.7 Å². The minimum absolute atomic E-state index is 0.561. The lowest BCUT2D eigenvalue weighted by Crippen LogP contribution is -2.43. The van der Waals surface area contributed by atoms with E-state index in [9.17, 15) is 0 Å². The fraction of sp³-hybridized carbons (Fsp3) is 0.800. The second-order valence-corrected chi connectivity index (χ2v) is 6.08. The van der Waals surface area contributed by atoms with Gasteiger partial charge in [0, 0.05) is 25.3 Å². The third-order valence-electron chi connectivity index (χ3n) is 4.75. The van der Waals surface area contributed by atoms with Crippen molar-refractivity contribution in [2.24, 2.45) is 5.73 Å². The minimum Gasteiger partial charge on any atom is -0.329 e. The molecule has 2 fully saturated rings. The lowest BCUT2D eigenvalue weighted by Gasteiger charge is -2.34. The van der Waals surface area contributed by atoms with Crippen molar-refractivity contribution in [1.82, 2.24) is 14.7 Å². The number of rotatable bonds is 4. The molecule has 2 N–H and O–H groups in total. The first kappa shape index (κ1) is 13.1. The van der Waals surface area contributed by atoms with Crippen LogP contribution < -0.4 is 5.73 Å². The van der Waals surface area contributed by atoms with Gasteiger partial charge in [0.2, 0.25) is 0 Å². The van der Waals surface area contributed by atoms with Crippen LogP contribution in [0, 0.1) is 0 Å². The molecule has 2 heterocycles. The van der Waals surface area contributed by atoms with E-state index in [-0.39, 0.29) is 0 Å². The topological polar surface area (TPSA) is 47.1 Å². The molecule has 0 spiro atoms. The van der Waals surface area contributed by atoms with Crippen molar-refractivity contribution in [2.75, 3.05) is 13.1 Å². The Labute approximate surface area is 116 Å². The Morgan fingerprint density at radius 2 is 1.95 bits per heavy atom. The zero-order chi connectivity index (χ0) is 13.1. The van der Waals surface area contributed by atoms with Crippen LogP contribution in [0.5, 0.6) is 0 Å². The molecule has 2 aliphatic rings. The van der Waals surface area contributed by atoms with Gasteiger partial charge in [-0.05, 0) is 38.3 Å². The van der Waals surface area contributed by atoms with Crippen molar-refractivity contribution < 1.29 is 0 Å². The van der Waals surface area contributed by atoms with Crippen LogP contribution in [0.25, 0.3) is 0 Å². The van der Waals surface area contributed by atoms with E-state index in [4.69, 9.17) is 10.8 Å². The summed E-state index contributed by atoms with van der Waals surface area (Å²) in [4.78, 5) is 2.52. The average molecular weight is 262 g/mol. The van der Waals surface area contributed by atoms with Crippen LogP contribution in [0.15, 0.2) is 12.3 Å². The smallest absolute Gasteiger partial charge is 0.0765 e. The fourth-order valence-electron chi connectivity index (χ4n) is 3.58. The number of piperidine rings is 1. The maximum absolute atomic E-state index is 5.88. The van der Waals surface area contributed by atoms with Crippen molar-refractivity contribution in [3.8, 4) is 0 Å². The molecule has 1 aromatic heterocycles. The standard InChI is InChI=1S/C15H26N4/c16-11-15-7-3-4-9-18(15)12-13-8-10-19(17-13)14-5-1-2-6-14/h8,10,14-15H,1-7,9,11-12,16H2. The number of hydrogen-bond acceptors (Lipinski definition) is 3. The summed E-state index contributed by atoms with van der Waals surface area (Å²) in [6, 6.07) is 3.41. The highest BCUT2D eigenvalue weighted by Gasteiger charge is 2.22. The van der Waals surface area contributed by atoms with Crippen molar-refractivity contribution in [1.29, 1.82) is 0 Å². The molecule has 0 radical (unpaired) electrons. The molecule has 4 heteroatoms. The summed E-state index contributed by atoms with van der Waals surface area (Å²) >= 11 is 0. The SMILES string of the molecule is NCC1CCCCN1Cc1ccn(C2CCCC2)n1. The summed E-state index contributed by atoms with van der Waals surface area (Å²) in [7, 11) is 0. The van der Waals surface area contributed by atoms with Crippen molar-refractivity contribution in [2.45, 2.75) is 63.6 Å². The molecular formula is C15H26N4. The van der Waals surface area contributed by atoms with Crippen molar-refractivity contribution >= 4 is 0 Å². The number of hydrogen-bond donors (Lipinski definition) is 1. The molecule has 0 aromatic carbocycles. The molecular weight excluding hydrogens is 236 g/mol. The number of aromatic nitrogens is 2. The van der Waals surface area contributed by atoms with E-state index in [0.717, 1.165) is 13.1 Å². The zero-order valence-corrected chi connectivity index (χ0v) is 11.8. The Balaban J connectivity index is 1.62. The Morgan fingerprint density at radius 3 is 2.74 bits per heavy atom. The molecule has 1 aliphatic carbocycles. The highest BCUT2D eigenvalue weighted by molar-refractivity contribution is 5.01. The second-order valence-electron chi connectivity index (χ2n) is 6.08. The van der Waals surface area contributed by atoms with Gasteiger partial charge < -0.3 is 5.73 Å². The van der Waals surface area contributed by atoms with Gasteiger partial charge >= 0.3 is 0 Å². The molecule has 106 valence electrons. The fourth-order valence-corrected chi connectivity index (χ4v) is 3.58. The lowest BCUT2D eigenvalue weighted by molar-refractivity contribution is 0.142. The molecule has 1 unspecified atom stereocenters. The lowest BCUT2D eigenvalue weighted by atomic mass is 10.0. The number of nitrogens with two attached hydrogens (primary N) is 1. The van der Waals surface area contributed by atoms with Gasteiger partial charge in [-0.25, -0.2) is 0 Å². The summed E-state index contributed by atoms with van der Waals surface area (Å²) < 4.78 is 2.20. The Kier molecular flexibility index (Phi) is 4.18. The Morgan fingerprint density at radius 1 is 1.16 bits per heavy atom. The van der Waals surface area contributed by atoms with Gasteiger partial charge in [0.1, 0.15) is 0 Å².